The van der Waals surface area contributed by atoms with E-state index in [2.05, 4.69) is 15.0 Å². The van der Waals surface area contributed by atoms with Gasteiger partial charge in [0.1, 0.15) is 5.82 Å². The fraction of sp³-hybridized carbons (Fsp3) is 0.250. The van der Waals surface area contributed by atoms with Crippen LogP contribution in [0.2, 0.25) is 0 Å². The number of imidazole rings is 1. The Morgan fingerprint density at radius 2 is 2.20 bits per heavy atom. The molecule has 1 heterocycles. The van der Waals surface area contributed by atoms with Crippen LogP contribution in [-0.2, 0) is 16.6 Å². The Balaban J connectivity index is 2.03. The summed E-state index contributed by atoms with van der Waals surface area (Å²) in [5.74, 6) is -0.605. The van der Waals surface area contributed by atoms with Gasteiger partial charge in [0.15, 0.2) is 0 Å². The molecule has 2 aromatic rings. The Morgan fingerprint density at radius 1 is 1.40 bits per heavy atom. The van der Waals surface area contributed by atoms with Crippen molar-refractivity contribution in [3.63, 3.8) is 0 Å². The second kappa shape index (κ2) is 6.02. The molecule has 0 aliphatic carbocycles. The summed E-state index contributed by atoms with van der Waals surface area (Å²) >= 11 is 0. The Labute approximate surface area is 116 Å². The van der Waals surface area contributed by atoms with Gasteiger partial charge >= 0.3 is 0 Å². The summed E-state index contributed by atoms with van der Waals surface area (Å²) in [6, 6.07) is 3.76. The van der Waals surface area contributed by atoms with Gasteiger partial charge in [-0.05, 0) is 25.2 Å². The lowest BCUT2D eigenvalue weighted by Gasteiger charge is -2.09. The summed E-state index contributed by atoms with van der Waals surface area (Å²) in [6.07, 6.45) is 5.14. The maximum absolute atomic E-state index is 13.8. The van der Waals surface area contributed by atoms with E-state index in [0.29, 0.717) is 13.1 Å². The number of aromatic nitrogens is 2. The molecule has 20 heavy (non-hydrogen) atoms. The second-order valence-corrected chi connectivity index (χ2v) is 5.96. The molecule has 108 valence electrons. The number of anilines is 1. The van der Waals surface area contributed by atoms with E-state index in [1.165, 1.54) is 19.2 Å². The molecule has 0 saturated heterocycles. The van der Waals surface area contributed by atoms with Crippen LogP contribution in [-0.4, -0.2) is 31.6 Å². The SMILES string of the molecule is CNS(=O)(=O)c1ccc(NCCn2ccnc2)c(F)c1. The monoisotopic (exact) mass is 298 g/mol. The van der Waals surface area contributed by atoms with Crippen molar-refractivity contribution < 1.29 is 12.8 Å². The van der Waals surface area contributed by atoms with Gasteiger partial charge in [-0.1, -0.05) is 0 Å². The number of sulfonamides is 1. The van der Waals surface area contributed by atoms with Gasteiger partial charge in [-0.15, -0.1) is 0 Å². The molecule has 0 aliphatic rings. The largest absolute Gasteiger partial charge is 0.381 e. The molecule has 0 atom stereocenters. The van der Waals surface area contributed by atoms with Crippen LogP contribution in [0, 0.1) is 5.82 Å². The van der Waals surface area contributed by atoms with Gasteiger partial charge in [0.2, 0.25) is 10.0 Å². The van der Waals surface area contributed by atoms with Crippen LogP contribution < -0.4 is 10.0 Å². The summed E-state index contributed by atoms with van der Waals surface area (Å²) in [4.78, 5) is 3.80. The van der Waals surface area contributed by atoms with Crippen LogP contribution >= 0.6 is 0 Å². The third-order valence-corrected chi connectivity index (χ3v) is 4.18. The highest BCUT2D eigenvalue weighted by Crippen LogP contribution is 2.18. The van der Waals surface area contributed by atoms with Gasteiger partial charge in [-0.2, -0.15) is 0 Å². The first-order valence-corrected chi connectivity index (χ1v) is 7.44. The van der Waals surface area contributed by atoms with E-state index >= 15 is 0 Å². The highest BCUT2D eigenvalue weighted by Gasteiger charge is 2.13. The molecule has 8 heteroatoms. The summed E-state index contributed by atoms with van der Waals surface area (Å²) in [7, 11) is -2.34. The van der Waals surface area contributed by atoms with Gasteiger partial charge in [0.25, 0.3) is 0 Å². The Hall–Kier alpha value is -1.93. The average molecular weight is 298 g/mol. The van der Waals surface area contributed by atoms with Gasteiger partial charge < -0.3 is 9.88 Å². The van der Waals surface area contributed by atoms with E-state index in [9.17, 15) is 12.8 Å². The lowest BCUT2D eigenvalue weighted by atomic mass is 10.3. The molecule has 0 aliphatic heterocycles. The van der Waals surface area contributed by atoms with Crippen molar-refractivity contribution in [1.29, 1.82) is 0 Å². The normalized spacial score (nSPS) is 11.5. The quantitative estimate of drug-likeness (QED) is 0.835. The summed E-state index contributed by atoms with van der Waals surface area (Å²) in [5.41, 5.74) is 0.264. The number of nitrogens with zero attached hydrogens (tertiary/aromatic N) is 2. The first kappa shape index (κ1) is 14.5. The van der Waals surface area contributed by atoms with E-state index in [4.69, 9.17) is 0 Å². The number of hydrogen-bond acceptors (Lipinski definition) is 4. The van der Waals surface area contributed by atoms with E-state index < -0.39 is 15.8 Å². The van der Waals surface area contributed by atoms with Crippen molar-refractivity contribution in [2.75, 3.05) is 18.9 Å². The summed E-state index contributed by atoms with van der Waals surface area (Å²) < 4.78 is 40.9. The molecule has 0 bridgehead atoms. The zero-order chi connectivity index (χ0) is 14.6. The summed E-state index contributed by atoms with van der Waals surface area (Å²) in [5, 5.41) is 2.91. The smallest absolute Gasteiger partial charge is 0.240 e. The van der Waals surface area contributed by atoms with E-state index in [1.807, 2.05) is 4.57 Å². The molecule has 2 N–H and O–H groups in total. The minimum Gasteiger partial charge on any atom is -0.381 e. The fourth-order valence-corrected chi connectivity index (χ4v) is 2.40. The van der Waals surface area contributed by atoms with Crippen molar-refractivity contribution >= 4 is 15.7 Å². The first-order valence-electron chi connectivity index (χ1n) is 5.95. The van der Waals surface area contributed by atoms with Crippen molar-refractivity contribution in [3.05, 3.63) is 42.7 Å². The Bertz CT molecular complexity index is 671. The van der Waals surface area contributed by atoms with Gasteiger partial charge in [0, 0.05) is 25.5 Å². The van der Waals surface area contributed by atoms with Crippen molar-refractivity contribution in [1.82, 2.24) is 14.3 Å². The number of hydrogen-bond donors (Lipinski definition) is 2. The van der Waals surface area contributed by atoms with Crippen LogP contribution in [0.5, 0.6) is 0 Å². The van der Waals surface area contributed by atoms with Crippen molar-refractivity contribution in [2.24, 2.45) is 0 Å². The highest BCUT2D eigenvalue weighted by atomic mass is 32.2. The van der Waals surface area contributed by atoms with Gasteiger partial charge in [-0.25, -0.2) is 22.5 Å². The molecule has 2 rings (SSSR count). The van der Waals surface area contributed by atoms with Crippen molar-refractivity contribution in [3.8, 4) is 0 Å². The standard InChI is InChI=1S/C12H15FN4O2S/c1-14-20(18,19)10-2-3-12(11(13)8-10)16-5-7-17-6-4-15-9-17/h2-4,6,8-9,14,16H,5,7H2,1H3. The van der Waals surface area contributed by atoms with Crippen LogP contribution in [0.4, 0.5) is 10.1 Å². The Kier molecular flexibility index (Phi) is 4.35. The zero-order valence-electron chi connectivity index (χ0n) is 10.9. The van der Waals surface area contributed by atoms with Crippen LogP contribution in [0.3, 0.4) is 0 Å². The third-order valence-electron chi connectivity index (χ3n) is 2.76. The number of rotatable bonds is 6. The highest BCUT2D eigenvalue weighted by molar-refractivity contribution is 7.89. The molecule has 0 unspecified atom stereocenters. The second-order valence-electron chi connectivity index (χ2n) is 4.08. The van der Waals surface area contributed by atoms with Gasteiger partial charge in [0.05, 0.1) is 16.9 Å². The minimum absolute atomic E-state index is 0.0994. The lowest BCUT2D eigenvalue weighted by molar-refractivity contribution is 0.584. The van der Waals surface area contributed by atoms with Crippen molar-refractivity contribution in [2.45, 2.75) is 11.4 Å². The molecule has 1 aromatic carbocycles. The maximum atomic E-state index is 13.8. The number of halogens is 1. The fourth-order valence-electron chi connectivity index (χ4n) is 1.66. The first-order chi connectivity index (χ1) is 9.53. The Morgan fingerprint density at radius 3 is 2.80 bits per heavy atom. The van der Waals surface area contributed by atoms with Crippen LogP contribution in [0.15, 0.2) is 41.8 Å². The molecule has 1 aromatic heterocycles. The molecule has 0 fully saturated rings. The van der Waals surface area contributed by atoms with E-state index in [0.717, 1.165) is 6.07 Å². The topological polar surface area (TPSA) is 76.0 Å². The molecular weight excluding hydrogens is 283 g/mol. The maximum Gasteiger partial charge on any atom is 0.240 e. The lowest BCUT2D eigenvalue weighted by Crippen LogP contribution is -2.19. The third kappa shape index (κ3) is 3.34. The van der Waals surface area contributed by atoms with Gasteiger partial charge in [-0.3, -0.25) is 0 Å². The summed E-state index contributed by atoms with van der Waals surface area (Å²) in [6.45, 7) is 1.14. The predicted octanol–water partition coefficient (Wildman–Crippen LogP) is 1.04. The molecule has 0 spiro atoms. The number of benzene rings is 1. The molecular formula is C12H15FN4O2S. The molecule has 6 nitrogen and oxygen atoms in total. The zero-order valence-corrected chi connectivity index (χ0v) is 11.7. The van der Waals surface area contributed by atoms with Crippen LogP contribution in [0.25, 0.3) is 0 Å². The number of nitrogens with one attached hydrogen (secondary N) is 2. The average Bonchev–Trinajstić information content (AvgIpc) is 2.93. The van der Waals surface area contributed by atoms with Crippen LogP contribution in [0.1, 0.15) is 0 Å². The molecule has 0 radical (unpaired) electrons. The van der Waals surface area contributed by atoms with E-state index in [-0.39, 0.29) is 10.6 Å². The minimum atomic E-state index is -3.62. The molecule has 0 amide bonds. The van der Waals surface area contributed by atoms with E-state index in [1.54, 1.807) is 18.7 Å². The molecule has 0 saturated carbocycles. The predicted molar refractivity (Wildman–Crippen MR) is 73.4 cm³/mol.